The van der Waals surface area contributed by atoms with Crippen LogP contribution in [0.3, 0.4) is 0 Å². The number of ether oxygens (including phenoxy) is 1. The number of benzene rings is 1. The fourth-order valence-corrected chi connectivity index (χ4v) is 4.32. The van der Waals surface area contributed by atoms with Crippen molar-refractivity contribution < 1.29 is 9.53 Å². The summed E-state index contributed by atoms with van der Waals surface area (Å²) in [5.41, 5.74) is 1.14. The predicted octanol–water partition coefficient (Wildman–Crippen LogP) is 3.71. The van der Waals surface area contributed by atoms with E-state index in [9.17, 15) is 4.79 Å². The first-order valence-corrected chi connectivity index (χ1v) is 11.6. The number of guanidine groups is 1. The third-order valence-corrected chi connectivity index (χ3v) is 5.85. The average Bonchev–Trinajstić information content (AvgIpc) is 3.21. The Morgan fingerprint density at radius 3 is 2.57 bits per heavy atom. The topological polar surface area (TPSA) is 66.0 Å². The molecule has 1 unspecified atom stereocenters. The van der Waals surface area contributed by atoms with Crippen LogP contribution < -0.4 is 15.4 Å². The van der Waals surface area contributed by atoms with Gasteiger partial charge in [-0.1, -0.05) is 31.4 Å². The normalized spacial score (nSPS) is 20.5. The van der Waals surface area contributed by atoms with Crippen molar-refractivity contribution in [3.8, 4) is 5.75 Å². The van der Waals surface area contributed by atoms with Gasteiger partial charge in [0.25, 0.3) is 0 Å². The van der Waals surface area contributed by atoms with Crippen molar-refractivity contribution in [1.29, 1.82) is 0 Å². The standard InChI is InChI=1S/C24H38N4O2/c1-4-25-24(26-16-19-10-12-22(13-11-19)30-18(2)3)27-21-14-15-28(17-21)23(29)20-8-6-5-7-9-20/h10-13,18,20-21H,4-9,14-17H2,1-3H3,(H2,25,26,27). The van der Waals surface area contributed by atoms with Gasteiger partial charge >= 0.3 is 0 Å². The number of aliphatic imine (C=N–C) groups is 1. The van der Waals surface area contributed by atoms with Gasteiger partial charge in [-0.25, -0.2) is 4.99 Å². The molecule has 1 saturated carbocycles. The first kappa shape index (κ1) is 22.4. The average molecular weight is 415 g/mol. The summed E-state index contributed by atoms with van der Waals surface area (Å²) in [6.07, 6.45) is 6.97. The van der Waals surface area contributed by atoms with Crippen LogP contribution in [0.25, 0.3) is 0 Å². The molecule has 0 aromatic heterocycles. The molecule has 1 aromatic rings. The molecule has 1 heterocycles. The van der Waals surface area contributed by atoms with E-state index in [0.29, 0.717) is 12.5 Å². The summed E-state index contributed by atoms with van der Waals surface area (Å²) in [4.78, 5) is 19.6. The first-order chi connectivity index (χ1) is 14.5. The number of amides is 1. The first-order valence-electron chi connectivity index (χ1n) is 11.6. The fourth-order valence-electron chi connectivity index (χ4n) is 4.32. The van der Waals surface area contributed by atoms with Crippen LogP contribution in [0.2, 0.25) is 0 Å². The van der Waals surface area contributed by atoms with Crippen LogP contribution in [0, 0.1) is 5.92 Å². The molecular weight excluding hydrogens is 376 g/mol. The molecule has 2 fully saturated rings. The third kappa shape index (κ3) is 6.64. The van der Waals surface area contributed by atoms with E-state index in [4.69, 9.17) is 9.73 Å². The van der Waals surface area contributed by atoms with Crippen LogP contribution in [0.4, 0.5) is 0 Å². The molecule has 1 aliphatic heterocycles. The van der Waals surface area contributed by atoms with Gasteiger partial charge < -0.3 is 20.3 Å². The highest BCUT2D eigenvalue weighted by Gasteiger charge is 2.31. The van der Waals surface area contributed by atoms with Crippen molar-refractivity contribution in [3.63, 3.8) is 0 Å². The van der Waals surface area contributed by atoms with E-state index in [2.05, 4.69) is 34.6 Å². The van der Waals surface area contributed by atoms with Gasteiger partial charge in [0, 0.05) is 31.6 Å². The predicted molar refractivity (Wildman–Crippen MR) is 122 cm³/mol. The molecule has 0 bridgehead atoms. The Morgan fingerprint density at radius 1 is 1.17 bits per heavy atom. The van der Waals surface area contributed by atoms with Gasteiger partial charge in [-0.05, 0) is 57.7 Å². The maximum atomic E-state index is 12.8. The highest BCUT2D eigenvalue weighted by Crippen LogP contribution is 2.26. The number of hydrogen-bond donors (Lipinski definition) is 2. The molecule has 1 amide bonds. The quantitative estimate of drug-likeness (QED) is 0.527. The summed E-state index contributed by atoms with van der Waals surface area (Å²) >= 11 is 0. The number of rotatable bonds is 7. The van der Waals surface area contributed by atoms with E-state index >= 15 is 0 Å². The van der Waals surface area contributed by atoms with Crippen LogP contribution in [0.15, 0.2) is 29.3 Å². The minimum Gasteiger partial charge on any atom is -0.491 e. The summed E-state index contributed by atoms with van der Waals surface area (Å²) in [5, 5.41) is 6.87. The smallest absolute Gasteiger partial charge is 0.225 e. The van der Waals surface area contributed by atoms with E-state index in [0.717, 1.165) is 56.2 Å². The molecule has 1 saturated heterocycles. The summed E-state index contributed by atoms with van der Waals surface area (Å²) in [5.74, 6) is 2.32. The van der Waals surface area contributed by atoms with Gasteiger partial charge in [0.1, 0.15) is 5.75 Å². The summed E-state index contributed by atoms with van der Waals surface area (Å²) in [6, 6.07) is 8.38. The molecule has 1 aliphatic carbocycles. The van der Waals surface area contributed by atoms with Gasteiger partial charge in [0.2, 0.25) is 5.91 Å². The second-order valence-corrected chi connectivity index (χ2v) is 8.75. The summed E-state index contributed by atoms with van der Waals surface area (Å²) in [7, 11) is 0. The number of carbonyl (C=O) groups excluding carboxylic acids is 1. The van der Waals surface area contributed by atoms with Crippen molar-refractivity contribution in [2.45, 2.75) is 78.0 Å². The molecule has 1 atom stereocenters. The van der Waals surface area contributed by atoms with Crippen LogP contribution in [-0.4, -0.2) is 48.5 Å². The number of likely N-dealkylation sites (tertiary alicyclic amines) is 1. The maximum Gasteiger partial charge on any atom is 0.225 e. The van der Waals surface area contributed by atoms with Crippen molar-refractivity contribution in [1.82, 2.24) is 15.5 Å². The maximum absolute atomic E-state index is 12.8. The Hall–Kier alpha value is -2.24. The van der Waals surface area contributed by atoms with E-state index in [1.807, 2.05) is 26.0 Å². The van der Waals surface area contributed by atoms with E-state index < -0.39 is 0 Å². The molecule has 30 heavy (non-hydrogen) atoms. The third-order valence-electron chi connectivity index (χ3n) is 5.85. The zero-order valence-electron chi connectivity index (χ0n) is 18.8. The number of nitrogens with zero attached hydrogens (tertiary/aromatic N) is 2. The van der Waals surface area contributed by atoms with E-state index in [-0.39, 0.29) is 18.1 Å². The minimum atomic E-state index is 0.175. The van der Waals surface area contributed by atoms with Crippen LogP contribution >= 0.6 is 0 Å². The number of carbonyl (C=O) groups is 1. The second kappa shape index (κ2) is 11.2. The van der Waals surface area contributed by atoms with Crippen LogP contribution in [0.1, 0.15) is 64.9 Å². The number of nitrogens with one attached hydrogen (secondary N) is 2. The van der Waals surface area contributed by atoms with Gasteiger partial charge in [0.15, 0.2) is 5.96 Å². The van der Waals surface area contributed by atoms with Crippen LogP contribution in [-0.2, 0) is 11.3 Å². The minimum absolute atomic E-state index is 0.175. The van der Waals surface area contributed by atoms with Gasteiger partial charge in [0.05, 0.1) is 12.6 Å². The second-order valence-electron chi connectivity index (χ2n) is 8.75. The Kier molecular flexibility index (Phi) is 8.40. The zero-order valence-corrected chi connectivity index (χ0v) is 18.8. The molecule has 1 aromatic carbocycles. The zero-order chi connectivity index (χ0) is 21.3. The monoisotopic (exact) mass is 414 g/mol. The van der Waals surface area contributed by atoms with Crippen molar-refractivity contribution >= 4 is 11.9 Å². The van der Waals surface area contributed by atoms with Crippen molar-refractivity contribution in [2.24, 2.45) is 10.9 Å². The molecule has 0 spiro atoms. The molecule has 166 valence electrons. The largest absolute Gasteiger partial charge is 0.491 e. The molecular formula is C24H38N4O2. The SMILES string of the molecule is CCNC(=NCc1ccc(OC(C)C)cc1)NC1CCN(C(=O)C2CCCCC2)C1. The van der Waals surface area contributed by atoms with Gasteiger partial charge in [-0.3, -0.25) is 4.79 Å². The molecule has 6 nitrogen and oxygen atoms in total. The molecule has 0 radical (unpaired) electrons. The molecule has 2 aliphatic rings. The molecule has 3 rings (SSSR count). The lowest BCUT2D eigenvalue weighted by atomic mass is 9.88. The van der Waals surface area contributed by atoms with Gasteiger partial charge in [-0.2, -0.15) is 0 Å². The molecule has 2 N–H and O–H groups in total. The molecule has 6 heteroatoms. The van der Waals surface area contributed by atoms with E-state index in [1.165, 1.54) is 19.3 Å². The van der Waals surface area contributed by atoms with Crippen LogP contribution in [0.5, 0.6) is 5.75 Å². The van der Waals surface area contributed by atoms with Crippen molar-refractivity contribution in [3.05, 3.63) is 29.8 Å². The lowest BCUT2D eigenvalue weighted by Crippen LogP contribution is -2.45. The Morgan fingerprint density at radius 2 is 1.90 bits per heavy atom. The van der Waals surface area contributed by atoms with Gasteiger partial charge in [-0.15, -0.1) is 0 Å². The summed E-state index contributed by atoms with van der Waals surface area (Å²) in [6.45, 7) is 9.17. The number of hydrogen-bond acceptors (Lipinski definition) is 3. The van der Waals surface area contributed by atoms with E-state index in [1.54, 1.807) is 0 Å². The lowest BCUT2D eigenvalue weighted by Gasteiger charge is -2.26. The highest BCUT2D eigenvalue weighted by atomic mass is 16.5. The lowest BCUT2D eigenvalue weighted by molar-refractivity contribution is -0.135. The Bertz CT molecular complexity index is 696. The summed E-state index contributed by atoms with van der Waals surface area (Å²) < 4.78 is 5.70. The fraction of sp³-hybridized carbons (Fsp3) is 0.667. The Balaban J connectivity index is 1.51. The highest BCUT2D eigenvalue weighted by molar-refractivity contribution is 5.81. The van der Waals surface area contributed by atoms with Crippen molar-refractivity contribution in [2.75, 3.05) is 19.6 Å². The Labute approximate surface area is 181 Å².